The number of aromatic nitrogens is 4. The summed E-state index contributed by atoms with van der Waals surface area (Å²) in [5.74, 6) is 0. The van der Waals surface area contributed by atoms with Gasteiger partial charge in [0.25, 0.3) is 5.56 Å². The summed E-state index contributed by atoms with van der Waals surface area (Å²) in [6, 6.07) is 13.6. The molecule has 0 fully saturated rings. The molecule has 0 radical (unpaired) electrons. The average Bonchev–Trinajstić information content (AvgIpc) is 2.88. The summed E-state index contributed by atoms with van der Waals surface area (Å²) < 4.78 is 0.738. The Bertz CT molecular complexity index is 1040. The monoisotopic (exact) mass is 354 g/mol. The van der Waals surface area contributed by atoms with Gasteiger partial charge >= 0.3 is 0 Å². The number of nitrogens with zero attached hydrogens (tertiary/aromatic N) is 2. The predicted octanol–water partition coefficient (Wildman–Crippen LogP) is 3.15. The lowest BCUT2D eigenvalue weighted by atomic mass is 10.1. The zero-order chi connectivity index (χ0) is 15.1. The maximum atomic E-state index is 12.2. The Morgan fingerprint density at radius 2 is 1.91 bits per heavy atom. The first kappa shape index (κ1) is 13.2. The zero-order valence-electron chi connectivity index (χ0n) is 11.4. The van der Waals surface area contributed by atoms with E-state index in [-0.39, 0.29) is 5.56 Å². The van der Waals surface area contributed by atoms with Crippen molar-refractivity contribution in [1.82, 2.24) is 20.2 Å². The van der Waals surface area contributed by atoms with Crippen LogP contribution in [0, 0.1) is 0 Å². The van der Waals surface area contributed by atoms with Crippen LogP contribution in [0.25, 0.3) is 21.9 Å². The molecule has 108 valence electrons. The van der Waals surface area contributed by atoms with Crippen molar-refractivity contribution in [3.05, 3.63) is 68.7 Å². The summed E-state index contributed by atoms with van der Waals surface area (Å²) in [5, 5.41) is 7.95. The number of rotatable bonds is 2. The van der Waals surface area contributed by atoms with Gasteiger partial charge in [-0.15, -0.1) is 0 Å². The first-order valence-corrected chi connectivity index (χ1v) is 7.60. The van der Waals surface area contributed by atoms with Gasteiger partial charge in [0.1, 0.15) is 10.3 Å². The lowest BCUT2D eigenvalue weighted by Gasteiger charge is -2.03. The van der Waals surface area contributed by atoms with Crippen LogP contribution in [0.1, 0.15) is 11.3 Å². The normalized spacial score (nSPS) is 11.3. The SMILES string of the molecule is O=c1[nH]c2cc3[nH]nc(Br)c3cc2nc1Cc1ccccc1. The molecule has 4 aromatic rings. The molecule has 0 bridgehead atoms. The van der Waals surface area contributed by atoms with Crippen molar-refractivity contribution < 1.29 is 0 Å². The van der Waals surface area contributed by atoms with E-state index in [1.165, 1.54) is 0 Å². The van der Waals surface area contributed by atoms with E-state index < -0.39 is 0 Å². The third kappa shape index (κ3) is 2.21. The van der Waals surface area contributed by atoms with Crippen LogP contribution >= 0.6 is 15.9 Å². The summed E-state index contributed by atoms with van der Waals surface area (Å²) in [6.45, 7) is 0. The minimum absolute atomic E-state index is 0.158. The molecule has 2 N–H and O–H groups in total. The molecule has 6 heteroatoms. The first-order valence-electron chi connectivity index (χ1n) is 6.81. The van der Waals surface area contributed by atoms with E-state index >= 15 is 0 Å². The molecular weight excluding hydrogens is 344 g/mol. The van der Waals surface area contributed by atoms with Gasteiger partial charge in [-0.05, 0) is 33.6 Å². The molecular formula is C16H11BrN4O. The van der Waals surface area contributed by atoms with Crippen LogP contribution < -0.4 is 5.56 Å². The fraction of sp³-hybridized carbons (Fsp3) is 0.0625. The molecule has 2 heterocycles. The van der Waals surface area contributed by atoms with Gasteiger partial charge in [-0.1, -0.05) is 30.3 Å². The number of aromatic amines is 2. The quantitative estimate of drug-likeness (QED) is 0.580. The van der Waals surface area contributed by atoms with E-state index in [4.69, 9.17) is 0 Å². The number of nitrogens with one attached hydrogen (secondary N) is 2. The molecule has 0 atom stereocenters. The van der Waals surface area contributed by atoms with Crippen molar-refractivity contribution in [1.29, 1.82) is 0 Å². The second-order valence-corrected chi connectivity index (χ2v) is 5.86. The standard InChI is InChI=1S/C16H11BrN4O/c17-15-10-7-12-13(8-11(10)20-21-15)19-16(22)14(18-12)6-9-4-2-1-3-5-9/h1-5,7-8H,6H2,(H,19,22)(H,20,21). The topological polar surface area (TPSA) is 74.4 Å². The Balaban J connectivity index is 1.89. The molecule has 2 aromatic heterocycles. The van der Waals surface area contributed by atoms with Crippen molar-refractivity contribution in [2.24, 2.45) is 0 Å². The largest absolute Gasteiger partial charge is 0.319 e. The van der Waals surface area contributed by atoms with Crippen LogP contribution in [0.5, 0.6) is 0 Å². The Labute approximate surface area is 133 Å². The fourth-order valence-corrected chi connectivity index (χ4v) is 2.93. The molecule has 0 saturated heterocycles. The van der Waals surface area contributed by atoms with Gasteiger partial charge in [0.2, 0.25) is 0 Å². The minimum atomic E-state index is -0.158. The van der Waals surface area contributed by atoms with Crippen LogP contribution in [0.15, 0.2) is 51.9 Å². The maximum Gasteiger partial charge on any atom is 0.270 e. The Hall–Kier alpha value is -2.47. The molecule has 2 aromatic carbocycles. The highest BCUT2D eigenvalue weighted by Gasteiger charge is 2.09. The third-order valence-electron chi connectivity index (χ3n) is 3.61. The summed E-state index contributed by atoms with van der Waals surface area (Å²) >= 11 is 3.40. The fourth-order valence-electron chi connectivity index (χ4n) is 2.51. The van der Waals surface area contributed by atoms with Gasteiger partial charge in [-0.3, -0.25) is 9.89 Å². The molecule has 0 aliphatic rings. The second kappa shape index (κ2) is 5.06. The summed E-state index contributed by atoms with van der Waals surface area (Å²) in [5.41, 5.74) is 3.72. The van der Waals surface area contributed by atoms with E-state index in [1.807, 2.05) is 42.5 Å². The van der Waals surface area contributed by atoms with Gasteiger partial charge in [0, 0.05) is 11.8 Å². The average molecular weight is 355 g/mol. The van der Waals surface area contributed by atoms with Gasteiger partial charge in [-0.2, -0.15) is 5.10 Å². The van der Waals surface area contributed by atoms with Crippen molar-refractivity contribution in [2.75, 3.05) is 0 Å². The summed E-state index contributed by atoms with van der Waals surface area (Å²) in [7, 11) is 0. The minimum Gasteiger partial charge on any atom is -0.319 e. The van der Waals surface area contributed by atoms with E-state index in [2.05, 4.69) is 36.1 Å². The van der Waals surface area contributed by atoms with E-state index in [1.54, 1.807) is 0 Å². The van der Waals surface area contributed by atoms with Crippen LogP contribution in [0.4, 0.5) is 0 Å². The zero-order valence-corrected chi connectivity index (χ0v) is 13.0. The molecule has 0 aliphatic heterocycles. The number of halogens is 1. The summed E-state index contributed by atoms with van der Waals surface area (Å²) in [4.78, 5) is 19.7. The van der Waals surface area contributed by atoms with Crippen LogP contribution in [-0.4, -0.2) is 20.2 Å². The molecule has 0 amide bonds. The van der Waals surface area contributed by atoms with Crippen molar-refractivity contribution >= 4 is 37.9 Å². The lowest BCUT2D eigenvalue weighted by Crippen LogP contribution is -2.15. The first-order chi connectivity index (χ1) is 10.7. The van der Waals surface area contributed by atoms with E-state index in [0.29, 0.717) is 17.6 Å². The highest BCUT2D eigenvalue weighted by Crippen LogP contribution is 2.24. The number of hydrogen-bond acceptors (Lipinski definition) is 3. The highest BCUT2D eigenvalue weighted by molar-refractivity contribution is 9.10. The smallest absolute Gasteiger partial charge is 0.270 e. The van der Waals surface area contributed by atoms with Crippen molar-refractivity contribution in [3.8, 4) is 0 Å². The van der Waals surface area contributed by atoms with Gasteiger partial charge in [0.15, 0.2) is 0 Å². The van der Waals surface area contributed by atoms with Gasteiger partial charge in [0.05, 0.1) is 16.6 Å². The number of fused-ring (bicyclic) bond motifs is 2. The molecule has 0 aliphatic carbocycles. The molecule has 0 unspecified atom stereocenters. The maximum absolute atomic E-state index is 12.2. The highest BCUT2D eigenvalue weighted by atomic mass is 79.9. The number of hydrogen-bond donors (Lipinski definition) is 2. The predicted molar refractivity (Wildman–Crippen MR) is 89.0 cm³/mol. The molecule has 5 nitrogen and oxygen atoms in total. The second-order valence-electron chi connectivity index (χ2n) is 5.10. The Kier molecular flexibility index (Phi) is 3.04. The van der Waals surface area contributed by atoms with Gasteiger partial charge < -0.3 is 4.98 Å². The Morgan fingerprint density at radius 3 is 2.73 bits per heavy atom. The molecule has 0 saturated carbocycles. The number of H-pyrrole nitrogens is 2. The van der Waals surface area contributed by atoms with E-state index in [0.717, 1.165) is 26.6 Å². The molecule has 0 spiro atoms. The Morgan fingerprint density at radius 1 is 1.09 bits per heavy atom. The molecule has 22 heavy (non-hydrogen) atoms. The third-order valence-corrected chi connectivity index (χ3v) is 4.22. The van der Waals surface area contributed by atoms with Crippen molar-refractivity contribution in [2.45, 2.75) is 6.42 Å². The van der Waals surface area contributed by atoms with E-state index in [9.17, 15) is 4.79 Å². The number of benzene rings is 2. The molecule has 4 rings (SSSR count). The van der Waals surface area contributed by atoms with Crippen LogP contribution in [-0.2, 0) is 6.42 Å². The summed E-state index contributed by atoms with van der Waals surface area (Å²) in [6.07, 6.45) is 0.511. The van der Waals surface area contributed by atoms with Crippen LogP contribution in [0.2, 0.25) is 0 Å². The lowest BCUT2D eigenvalue weighted by molar-refractivity contribution is 1.03. The van der Waals surface area contributed by atoms with Crippen LogP contribution in [0.3, 0.4) is 0 Å². The van der Waals surface area contributed by atoms with Gasteiger partial charge in [-0.25, -0.2) is 4.98 Å². The van der Waals surface area contributed by atoms with Crippen molar-refractivity contribution in [3.63, 3.8) is 0 Å².